The molecule has 0 saturated heterocycles. The molecular weight excluding hydrogens is 328 g/mol. The van der Waals surface area contributed by atoms with Crippen molar-refractivity contribution in [3.8, 4) is 11.5 Å². The molecule has 0 spiro atoms. The van der Waals surface area contributed by atoms with Crippen LogP contribution in [0.15, 0.2) is 48.5 Å². The fourth-order valence-electron chi connectivity index (χ4n) is 1.87. The van der Waals surface area contributed by atoms with Crippen molar-refractivity contribution < 1.29 is 22.1 Å². The zero-order valence-electron chi connectivity index (χ0n) is 13.6. The quantitative estimate of drug-likeness (QED) is 0.541. The first-order valence-corrected chi connectivity index (χ1v) is 9.08. The monoisotopic (exact) mass is 348 g/mol. The Bertz CT molecular complexity index is 762. The van der Waals surface area contributed by atoms with E-state index in [1.54, 1.807) is 50.2 Å². The average Bonchev–Trinajstić information content (AvgIpc) is 2.56. The van der Waals surface area contributed by atoms with E-state index in [0.717, 1.165) is 11.8 Å². The minimum absolute atomic E-state index is 0.304. The molecule has 2 rings (SSSR count). The molecule has 2 aromatic rings. The molecule has 0 unspecified atom stereocenters. The molecule has 0 aliphatic rings. The standard InChI is InChI=1S/C18H20O5S/c1-14(2)24(20,21)23-18-9-3-15(4-10-18)11-12-22-17-7-5-16(13-19)6-8-17/h3-10,13-14H,11-12H2,1-2H3. The highest BCUT2D eigenvalue weighted by atomic mass is 32.2. The number of benzene rings is 2. The van der Waals surface area contributed by atoms with E-state index in [9.17, 15) is 13.2 Å². The molecule has 0 aliphatic heterocycles. The topological polar surface area (TPSA) is 69.7 Å². The SMILES string of the molecule is CC(C)S(=O)(=O)Oc1ccc(CCOc2ccc(C=O)cc2)cc1. The van der Waals surface area contributed by atoms with Gasteiger partial charge in [0.2, 0.25) is 0 Å². The summed E-state index contributed by atoms with van der Waals surface area (Å²) in [7, 11) is -3.57. The normalized spacial score (nSPS) is 11.3. The summed E-state index contributed by atoms with van der Waals surface area (Å²) in [4.78, 5) is 10.6. The predicted molar refractivity (Wildman–Crippen MR) is 92.2 cm³/mol. The van der Waals surface area contributed by atoms with Crippen LogP contribution in [-0.2, 0) is 16.5 Å². The van der Waals surface area contributed by atoms with Crippen LogP contribution < -0.4 is 8.92 Å². The molecular formula is C18H20O5S. The number of ether oxygens (including phenoxy) is 1. The van der Waals surface area contributed by atoms with Crippen LogP contribution in [0, 0.1) is 0 Å². The molecule has 0 heterocycles. The van der Waals surface area contributed by atoms with Crippen molar-refractivity contribution in [3.05, 3.63) is 59.7 Å². The third-order valence-electron chi connectivity index (χ3n) is 3.39. The highest BCUT2D eigenvalue weighted by molar-refractivity contribution is 7.87. The van der Waals surface area contributed by atoms with Gasteiger partial charge in [0.05, 0.1) is 11.9 Å². The predicted octanol–water partition coefficient (Wildman–Crippen LogP) is 3.24. The molecule has 128 valence electrons. The number of rotatable bonds is 8. The van der Waals surface area contributed by atoms with Gasteiger partial charge in [-0.1, -0.05) is 12.1 Å². The van der Waals surface area contributed by atoms with Gasteiger partial charge in [0, 0.05) is 12.0 Å². The maximum atomic E-state index is 11.7. The van der Waals surface area contributed by atoms with Crippen molar-refractivity contribution in [2.75, 3.05) is 6.61 Å². The molecule has 0 fully saturated rings. The lowest BCUT2D eigenvalue weighted by atomic mass is 10.1. The van der Waals surface area contributed by atoms with Gasteiger partial charge in [-0.15, -0.1) is 0 Å². The maximum absolute atomic E-state index is 11.7. The van der Waals surface area contributed by atoms with E-state index in [-0.39, 0.29) is 0 Å². The maximum Gasteiger partial charge on any atom is 0.311 e. The Morgan fingerprint density at radius 2 is 1.54 bits per heavy atom. The zero-order chi connectivity index (χ0) is 17.6. The fraction of sp³-hybridized carbons (Fsp3) is 0.278. The summed E-state index contributed by atoms with van der Waals surface area (Å²) in [6.45, 7) is 3.62. The molecule has 5 nitrogen and oxygen atoms in total. The van der Waals surface area contributed by atoms with Crippen LogP contribution in [0.3, 0.4) is 0 Å². The molecule has 0 aliphatic carbocycles. The van der Waals surface area contributed by atoms with Gasteiger partial charge in [-0.05, 0) is 55.8 Å². The molecule has 6 heteroatoms. The van der Waals surface area contributed by atoms with Crippen LogP contribution in [0.25, 0.3) is 0 Å². The second-order valence-corrected chi connectivity index (χ2v) is 7.65. The van der Waals surface area contributed by atoms with E-state index in [0.29, 0.717) is 30.1 Å². The van der Waals surface area contributed by atoms with Crippen LogP contribution in [-0.4, -0.2) is 26.6 Å². The summed E-state index contributed by atoms with van der Waals surface area (Å²) in [6.07, 6.45) is 1.46. The van der Waals surface area contributed by atoms with Crippen molar-refractivity contribution in [2.45, 2.75) is 25.5 Å². The average molecular weight is 348 g/mol. The number of carbonyl (C=O) groups is 1. The zero-order valence-corrected chi connectivity index (χ0v) is 14.5. The Hall–Kier alpha value is -2.34. The lowest BCUT2D eigenvalue weighted by Crippen LogP contribution is -2.19. The van der Waals surface area contributed by atoms with Crippen molar-refractivity contribution in [3.63, 3.8) is 0 Å². The molecule has 24 heavy (non-hydrogen) atoms. The fourth-order valence-corrected chi connectivity index (χ4v) is 2.44. The molecule has 0 radical (unpaired) electrons. The summed E-state index contributed by atoms with van der Waals surface area (Å²) in [5.74, 6) is 1.00. The molecule has 0 amide bonds. The van der Waals surface area contributed by atoms with Gasteiger partial charge in [-0.2, -0.15) is 8.42 Å². The Kier molecular flexibility index (Phi) is 5.98. The van der Waals surface area contributed by atoms with Crippen molar-refractivity contribution in [2.24, 2.45) is 0 Å². The van der Waals surface area contributed by atoms with E-state index in [4.69, 9.17) is 8.92 Å². The van der Waals surface area contributed by atoms with Gasteiger partial charge < -0.3 is 8.92 Å². The van der Waals surface area contributed by atoms with Crippen LogP contribution >= 0.6 is 0 Å². The second kappa shape index (κ2) is 7.97. The summed E-state index contributed by atoms with van der Waals surface area (Å²) >= 11 is 0. The van der Waals surface area contributed by atoms with E-state index in [1.165, 1.54) is 0 Å². The second-order valence-electron chi connectivity index (χ2n) is 5.55. The Morgan fingerprint density at radius 3 is 2.08 bits per heavy atom. The van der Waals surface area contributed by atoms with Crippen LogP contribution in [0.5, 0.6) is 11.5 Å². The molecule has 0 saturated carbocycles. The Balaban J connectivity index is 1.86. The van der Waals surface area contributed by atoms with Crippen molar-refractivity contribution in [1.29, 1.82) is 0 Å². The molecule has 0 atom stereocenters. The van der Waals surface area contributed by atoms with Crippen molar-refractivity contribution in [1.82, 2.24) is 0 Å². The Labute approximate surface area is 142 Å². The first-order chi connectivity index (χ1) is 11.4. The highest BCUT2D eigenvalue weighted by Crippen LogP contribution is 2.17. The first kappa shape index (κ1) is 18.0. The van der Waals surface area contributed by atoms with Crippen molar-refractivity contribution >= 4 is 16.4 Å². The van der Waals surface area contributed by atoms with E-state index in [1.807, 2.05) is 12.1 Å². The van der Waals surface area contributed by atoms with E-state index < -0.39 is 15.4 Å². The number of carbonyl (C=O) groups excluding carboxylic acids is 1. The molecule has 2 aromatic carbocycles. The smallest absolute Gasteiger partial charge is 0.311 e. The third-order valence-corrected chi connectivity index (χ3v) is 4.97. The van der Waals surface area contributed by atoms with Gasteiger partial charge in [0.1, 0.15) is 17.8 Å². The first-order valence-electron chi connectivity index (χ1n) is 7.61. The van der Waals surface area contributed by atoms with Crippen LogP contribution in [0.2, 0.25) is 0 Å². The van der Waals surface area contributed by atoms with Crippen LogP contribution in [0.4, 0.5) is 0 Å². The third kappa shape index (κ3) is 5.09. The van der Waals surface area contributed by atoms with Gasteiger partial charge >= 0.3 is 10.1 Å². The minimum atomic E-state index is -3.57. The minimum Gasteiger partial charge on any atom is -0.493 e. The number of aldehydes is 1. The lowest BCUT2D eigenvalue weighted by Gasteiger charge is -2.10. The molecule has 0 bridgehead atoms. The van der Waals surface area contributed by atoms with E-state index >= 15 is 0 Å². The summed E-state index contributed by atoms with van der Waals surface area (Å²) < 4.78 is 34.0. The summed E-state index contributed by atoms with van der Waals surface area (Å²) in [5.41, 5.74) is 1.61. The van der Waals surface area contributed by atoms with Gasteiger partial charge in [0.25, 0.3) is 0 Å². The van der Waals surface area contributed by atoms with Gasteiger partial charge in [0.15, 0.2) is 0 Å². The highest BCUT2D eigenvalue weighted by Gasteiger charge is 2.17. The van der Waals surface area contributed by atoms with Gasteiger partial charge in [-0.25, -0.2) is 0 Å². The number of hydrogen-bond donors (Lipinski definition) is 0. The van der Waals surface area contributed by atoms with Crippen LogP contribution in [0.1, 0.15) is 29.8 Å². The summed E-state index contributed by atoms with van der Waals surface area (Å²) in [5, 5.41) is -0.587. The number of hydrogen-bond acceptors (Lipinski definition) is 5. The Morgan fingerprint density at radius 1 is 0.958 bits per heavy atom. The molecule has 0 aromatic heterocycles. The van der Waals surface area contributed by atoms with E-state index in [2.05, 4.69) is 0 Å². The largest absolute Gasteiger partial charge is 0.493 e. The lowest BCUT2D eigenvalue weighted by molar-refractivity contribution is 0.112. The summed E-state index contributed by atoms with van der Waals surface area (Å²) in [6, 6.07) is 13.8. The van der Waals surface area contributed by atoms with Gasteiger partial charge in [-0.3, -0.25) is 4.79 Å². The molecule has 0 N–H and O–H groups in total.